The van der Waals surface area contributed by atoms with Crippen LogP contribution in [0, 0.1) is 6.92 Å². The zero-order valence-corrected chi connectivity index (χ0v) is 10.6. The first-order valence-corrected chi connectivity index (χ1v) is 5.63. The monoisotopic (exact) mass is 249 g/mol. The van der Waals surface area contributed by atoms with Crippen molar-refractivity contribution < 1.29 is 14.3 Å². The third-order valence-electron chi connectivity index (χ3n) is 2.48. The minimum atomic E-state index is -0.425. The van der Waals surface area contributed by atoms with E-state index in [1.807, 2.05) is 0 Å². The lowest BCUT2D eigenvalue weighted by Crippen LogP contribution is -2.20. The van der Waals surface area contributed by atoms with Crippen molar-refractivity contribution in [1.82, 2.24) is 14.6 Å². The summed E-state index contributed by atoms with van der Waals surface area (Å²) in [6, 6.07) is 1.75. The topological polar surface area (TPSA) is 65.7 Å². The van der Waals surface area contributed by atoms with E-state index in [0.717, 1.165) is 0 Å². The van der Waals surface area contributed by atoms with Gasteiger partial charge in [-0.05, 0) is 19.9 Å². The van der Waals surface area contributed by atoms with Crippen LogP contribution in [-0.2, 0) is 9.47 Å². The minimum Gasteiger partial charge on any atom is -0.456 e. The van der Waals surface area contributed by atoms with Gasteiger partial charge in [0.1, 0.15) is 11.7 Å². The number of esters is 1. The highest BCUT2D eigenvalue weighted by Gasteiger charge is 2.21. The molecule has 0 bridgehead atoms. The van der Waals surface area contributed by atoms with Gasteiger partial charge in [-0.2, -0.15) is 5.10 Å². The van der Waals surface area contributed by atoms with Crippen molar-refractivity contribution in [1.29, 1.82) is 0 Å². The van der Waals surface area contributed by atoms with Gasteiger partial charge < -0.3 is 9.47 Å². The van der Waals surface area contributed by atoms with E-state index in [9.17, 15) is 4.79 Å². The molecule has 6 heteroatoms. The first-order valence-electron chi connectivity index (χ1n) is 5.63. The molecule has 2 rings (SSSR count). The third-order valence-corrected chi connectivity index (χ3v) is 2.48. The Labute approximate surface area is 105 Å². The average molecular weight is 249 g/mol. The van der Waals surface area contributed by atoms with Gasteiger partial charge in [-0.1, -0.05) is 0 Å². The fourth-order valence-corrected chi connectivity index (χ4v) is 1.75. The van der Waals surface area contributed by atoms with Crippen molar-refractivity contribution in [2.75, 3.05) is 13.7 Å². The van der Waals surface area contributed by atoms with Gasteiger partial charge in [0.25, 0.3) is 0 Å². The summed E-state index contributed by atoms with van der Waals surface area (Å²) in [6.07, 6.45) is 3.05. The lowest BCUT2D eigenvalue weighted by Gasteiger charge is -2.11. The molecular formula is C12H15N3O3. The van der Waals surface area contributed by atoms with Gasteiger partial charge >= 0.3 is 5.97 Å². The average Bonchev–Trinajstić information content (AvgIpc) is 2.64. The van der Waals surface area contributed by atoms with Gasteiger partial charge in [-0.3, -0.25) is 0 Å². The number of nitrogens with zero attached hydrogens (tertiary/aromatic N) is 3. The summed E-state index contributed by atoms with van der Waals surface area (Å²) < 4.78 is 11.8. The van der Waals surface area contributed by atoms with Gasteiger partial charge in [0, 0.05) is 19.5 Å². The fraction of sp³-hybridized carbons (Fsp3) is 0.417. The van der Waals surface area contributed by atoms with E-state index in [1.54, 1.807) is 43.9 Å². The zero-order chi connectivity index (χ0) is 13.1. The van der Waals surface area contributed by atoms with Crippen LogP contribution in [0.3, 0.4) is 0 Å². The molecule has 0 saturated heterocycles. The Bertz CT molecular complexity index is 565. The highest BCUT2D eigenvalue weighted by atomic mass is 16.6. The Hall–Kier alpha value is -1.95. The van der Waals surface area contributed by atoms with Crippen LogP contribution in [0.4, 0.5) is 0 Å². The van der Waals surface area contributed by atoms with Crippen molar-refractivity contribution >= 4 is 11.6 Å². The molecule has 2 aromatic heterocycles. The second-order valence-corrected chi connectivity index (χ2v) is 4.02. The maximum atomic E-state index is 12.1. The van der Waals surface area contributed by atoms with Crippen LogP contribution in [0.2, 0.25) is 0 Å². The van der Waals surface area contributed by atoms with E-state index in [1.165, 1.54) is 0 Å². The Kier molecular flexibility index (Phi) is 3.57. The Morgan fingerprint density at radius 1 is 1.56 bits per heavy atom. The molecule has 18 heavy (non-hydrogen) atoms. The van der Waals surface area contributed by atoms with Gasteiger partial charge in [-0.15, -0.1) is 0 Å². The number of fused-ring (bicyclic) bond motifs is 1. The molecule has 0 aliphatic rings. The fourth-order valence-electron chi connectivity index (χ4n) is 1.75. The molecule has 0 fully saturated rings. The molecule has 2 aromatic rings. The molecule has 96 valence electrons. The minimum absolute atomic E-state index is 0.305. The van der Waals surface area contributed by atoms with Crippen molar-refractivity contribution in [3.63, 3.8) is 0 Å². The van der Waals surface area contributed by atoms with E-state index in [2.05, 4.69) is 10.1 Å². The van der Waals surface area contributed by atoms with E-state index >= 15 is 0 Å². The molecule has 1 unspecified atom stereocenters. The smallest absolute Gasteiger partial charge is 0.344 e. The molecule has 0 radical (unpaired) electrons. The molecule has 6 nitrogen and oxygen atoms in total. The molecule has 2 heterocycles. The first kappa shape index (κ1) is 12.5. The number of aryl methyl sites for hydroxylation is 1. The van der Waals surface area contributed by atoms with Crippen molar-refractivity contribution in [2.45, 2.75) is 20.0 Å². The first-order chi connectivity index (χ1) is 8.63. The van der Waals surface area contributed by atoms with Crippen LogP contribution < -0.4 is 0 Å². The second-order valence-electron chi connectivity index (χ2n) is 4.02. The molecule has 0 aliphatic carbocycles. The molecule has 0 spiro atoms. The van der Waals surface area contributed by atoms with Gasteiger partial charge in [0.05, 0.1) is 12.3 Å². The molecule has 0 aliphatic heterocycles. The maximum Gasteiger partial charge on any atom is 0.344 e. The Morgan fingerprint density at radius 2 is 2.33 bits per heavy atom. The van der Waals surface area contributed by atoms with Crippen molar-refractivity contribution in [3.8, 4) is 0 Å². The molecule has 0 saturated carbocycles. The predicted octanol–water partition coefficient (Wildman–Crippen LogP) is 1.23. The van der Waals surface area contributed by atoms with Gasteiger partial charge in [-0.25, -0.2) is 14.3 Å². The molecule has 1 atom stereocenters. The van der Waals surface area contributed by atoms with Gasteiger partial charge in [0.2, 0.25) is 0 Å². The third kappa shape index (κ3) is 2.33. The van der Waals surface area contributed by atoms with Gasteiger partial charge in [0.15, 0.2) is 5.65 Å². The van der Waals surface area contributed by atoms with Crippen LogP contribution in [0.25, 0.3) is 5.65 Å². The number of aromatic nitrogens is 3. The van der Waals surface area contributed by atoms with Crippen LogP contribution in [0.15, 0.2) is 18.5 Å². The summed E-state index contributed by atoms with van der Waals surface area (Å²) in [6.45, 7) is 3.89. The van der Waals surface area contributed by atoms with E-state index in [-0.39, 0.29) is 6.10 Å². The predicted molar refractivity (Wildman–Crippen MR) is 64.5 cm³/mol. The number of carbonyl (C=O) groups excluding carboxylic acids is 1. The van der Waals surface area contributed by atoms with Crippen molar-refractivity contribution in [3.05, 3.63) is 29.7 Å². The molecule has 0 N–H and O–H groups in total. The van der Waals surface area contributed by atoms with Crippen LogP contribution in [0.1, 0.15) is 23.0 Å². The SMILES string of the molecule is COCC(C)OC(=O)c1c(C)nn2cccnc12. The maximum absolute atomic E-state index is 12.1. The Morgan fingerprint density at radius 3 is 3.06 bits per heavy atom. The second kappa shape index (κ2) is 5.14. The van der Waals surface area contributed by atoms with E-state index in [4.69, 9.17) is 9.47 Å². The van der Waals surface area contributed by atoms with Crippen LogP contribution >= 0.6 is 0 Å². The Balaban J connectivity index is 2.30. The summed E-state index contributed by atoms with van der Waals surface area (Å²) in [5.41, 5.74) is 1.51. The standard InChI is InChI=1S/C12H15N3O3/c1-8(7-17-3)18-12(16)10-9(2)14-15-6-4-5-13-11(10)15/h4-6,8H,7H2,1-3H3. The lowest BCUT2D eigenvalue weighted by molar-refractivity contribution is 0.0121. The number of carbonyl (C=O) groups is 1. The summed E-state index contributed by atoms with van der Waals surface area (Å²) in [4.78, 5) is 16.2. The number of ether oxygens (including phenoxy) is 2. The zero-order valence-electron chi connectivity index (χ0n) is 10.6. The van der Waals surface area contributed by atoms with Crippen molar-refractivity contribution in [2.24, 2.45) is 0 Å². The summed E-state index contributed by atoms with van der Waals surface area (Å²) in [5, 5.41) is 4.21. The summed E-state index contributed by atoms with van der Waals surface area (Å²) in [5.74, 6) is -0.425. The molecule has 0 aromatic carbocycles. The number of methoxy groups -OCH3 is 1. The number of hydrogen-bond acceptors (Lipinski definition) is 5. The van der Waals surface area contributed by atoms with E-state index < -0.39 is 5.97 Å². The van der Waals surface area contributed by atoms with E-state index in [0.29, 0.717) is 23.5 Å². The lowest BCUT2D eigenvalue weighted by atomic mass is 10.2. The molecule has 0 amide bonds. The van der Waals surface area contributed by atoms with Crippen LogP contribution in [0.5, 0.6) is 0 Å². The summed E-state index contributed by atoms with van der Waals surface area (Å²) >= 11 is 0. The number of hydrogen-bond donors (Lipinski definition) is 0. The normalized spacial score (nSPS) is 12.6. The quantitative estimate of drug-likeness (QED) is 0.762. The highest BCUT2D eigenvalue weighted by Crippen LogP contribution is 2.14. The van der Waals surface area contributed by atoms with Crippen LogP contribution in [-0.4, -0.2) is 40.4 Å². The highest BCUT2D eigenvalue weighted by molar-refractivity contribution is 5.97. The molecular weight excluding hydrogens is 234 g/mol. The largest absolute Gasteiger partial charge is 0.456 e. The summed E-state index contributed by atoms with van der Waals surface area (Å²) in [7, 11) is 1.56. The number of rotatable bonds is 4.